The van der Waals surface area contributed by atoms with E-state index in [9.17, 15) is 0 Å². The van der Waals surface area contributed by atoms with E-state index in [2.05, 4.69) is 58.1 Å². The van der Waals surface area contributed by atoms with Gasteiger partial charge >= 0.3 is 0 Å². The van der Waals surface area contributed by atoms with Crippen LogP contribution in [0.3, 0.4) is 0 Å². The number of benzene rings is 1. The summed E-state index contributed by atoms with van der Waals surface area (Å²) < 4.78 is 5.67. The van der Waals surface area contributed by atoms with E-state index in [1.165, 1.54) is 16.7 Å². The Morgan fingerprint density at radius 1 is 1.16 bits per heavy atom. The first-order valence-corrected chi connectivity index (χ1v) is 7.24. The van der Waals surface area contributed by atoms with Gasteiger partial charge in [0.25, 0.3) is 0 Å². The van der Waals surface area contributed by atoms with Crippen LogP contribution in [0.25, 0.3) is 0 Å². The second-order valence-corrected chi connectivity index (χ2v) is 6.01. The molecule has 0 saturated heterocycles. The van der Waals surface area contributed by atoms with Gasteiger partial charge in [0.15, 0.2) is 0 Å². The predicted octanol–water partition coefficient (Wildman–Crippen LogP) is 3.64. The molecular formula is C17H29NO. The SMILES string of the molecule is CCCNC(Cc1cc(C)cc(C)c1)C(C)(C)OC. The summed E-state index contributed by atoms with van der Waals surface area (Å²) in [6.45, 7) is 11.9. The zero-order valence-corrected chi connectivity index (χ0v) is 13.3. The Bertz CT molecular complexity index is 378. The number of methoxy groups -OCH3 is 1. The minimum atomic E-state index is -0.160. The van der Waals surface area contributed by atoms with E-state index in [0.717, 1.165) is 19.4 Å². The Morgan fingerprint density at radius 2 is 1.74 bits per heavy atom. The lowest BCUT2D eigenvalue weighted by molar-refractivity contribution is -0.00998. The summed E-state index contributed by atoms with van der Waals surface area (Å²) >= 11 is 0. The van der Waals surface area contributed by atoms with Gasteiger partial charge in [-0.15, -0.1) is 0 Å². The smallest absolute Gasteiger partial charge is 0.0778 e. The summed E-state index contributed by atoms with van der Waals surface area (Å²) in [5.41, 5.74) is 3.89. The normalized spacial score (nSPS) is 13.6. The lowest BCUT2D eigenvalue weighted by atomic mass is 9.91. The van der Waals surface area contributed by atoms with Crippen molar-refractivity contribution < 1.29 is 4.74 Å². The molecular weight excluding hydrogens is 234 g/mol. The Hall–Kier alpha value is -0.860. The van der Waals surface area contributed by atoms with E-state index in [-0.39, 0.29) is 5.60 Å². The minimum Gasteiger partial charge on any atom is -0.377 e. The zero-order chi connectivity index (χ0) is 14.5. The molecule has 0 aliphatic heterocycles. The first-order chi connectivity index (χ1) is 8.89. The van der Waals surface area contributed by atoms with Crippen LogP contribution >= 0.6 is 0 Å². The van der Waals surface area contributed by atoms with Crippen molar-refractivity contribution in [3.8, 4) is 0 Å². The van der Waals surface area contributed by atoms with Crippen molar-refractivity contribution in [1.82, 2.24) is 5.32 Å². The molecule has 0 radical (unpaired) electrons. The van der Waals surface area contributed by atoms with Gasteiger partial charge in [0.1, 0.15) is 0 Å². The van der Waals surface area contributed by atoms with Crippen LogP contribution in [0.2, 0.25) is 0 Å². The van der Waals surface area contributed by atoms with Crippen molar-refractivity contribution in [2.24, 2.45) is 0 Å². The average molecular weight is 263 g/mol. The summed E-state index contributed by atoms with van der Waals surface area (Å²) in [6.07, 6.45) is 2.15. The molecule has 1 atom stereocenters. The van der Waals surface area contributed by atoms with Crippen LogP contribution < -0.4 is 5.32 Å². The average Bonchev–Trinajstić information content (AvgIpc) is 2.33. The van der Waals surface area contributed by atoms with Crippen molar-refractivity contribution in [2.75, 3.05) is 13.7 Å². The number of ether oxygens (including phenoxy) is 1. The van der Waals surface area contributed by atoms with Gasteiger partial charge in [0.2, 0.25) is 0 Å². The van der Waals surface area contributed by atoms with Gasteiger partial charge in [0.05, 0.1) is 5.60 Å². The standard InChI is InChI=1S/C17H29NO/c1-7-8-18-16(17(4,5)19-6)12-15-10-13(2)9-14(3)11-15/h9-11,16,18H,7-8,12H2,1-6H3. The molecule has 0 aliphatic rings. The maximum atomic E-state index is 5.67. The molecule has 2 heteroatoms. The quantitative estimate of drug-likeness (QED) is 0.811. The number of hydrogen-bond donors (Lipinski definition) is 1. The molecule has 2 nitrogen and oxygen atoms in total. The second kappa shape index (κ2) is 7.06. The maximum Gasteiger partial charge on any atom is 0.0778 e. The monoisotopic (exact) mass is 263 g/mol. The lowest BCUT2D eigenvalue weighted by Gasteiger charge is -2.34. The molecule has 0 heterocycles. The largest absolute Gasteiger partial charge is 0.377 e. The summed E-state index contributed by atoms with van der Waals surface area (Å²) in [6, 6.07) is 7.11. The molecule has 0 bridgehead atoms. The molecule has 0 amide bonds. The summed E-state index contributed by atoms with van der Waals surface area (Å²) in [4.78, 5) is 0. The van der Waals surface area contributed by atoms with E-state index >= 15 is 0 Å². The maximum absolute atomic E-state index is 5.67. The highest BCUT2D eigenvalue weighted by Crippen LogP contribution is 2.19. The Kier molecular flexibility index (Phi) is 6.02. The molecule has 1 aromatic rings. The fraction of sp³-hybridized carbons (Fsp3) is 0.647. The van der Waals surface area contributed by atoms with Gasteiger partial charge in [-0.2, -0.15) is 0 Å². The Balaban J connectivity index is 2.87. The highest BCUT2D eigenvalue weighted by atomic mass is 16.5. The van der Waals surface area contributed by atoms with Crippen LogP contribution in [0, 0.1) is 13.8 Å². The number of nitrogens with one attached hydrogen (secondary N) is 1. The number of aryl methyl sites for hydroxylation is 2. The molecule has 19 heavy (non-hydrogen) atoms. The third-order valence-electron chi connectivity index (χ3n) is 3.73. The van der Waals surface area contributed by atoms with Crippen molar-refractivity contribution in [2.45, 2.75) is 59.1 Å². The van der Waals surface area contributed by atoms with E-state index in [0.29, 0.717) is 6.04 Å². The second-order valence-electron chi connectivity index (χ2n) is 6.01. The molecule has 0 saturated carbocycles. The van der Waals surface area contributed by atoms with E-state index in [4.69, 9.17) is 4.74 Å². The minimum absolute atomic E-state index is 0.160. The third-order valence-corrected chi connectivity index (χ3v) is 3.73. The summed E-state index contributed by atoms with van der Waals surface area (Å²) in [7, 11) is 1.79. The lowest BCUT2D eigenvalue weighted by Crippen LogP contribution is -2.49. The van der Waals surface area contributed by atoms with Gasteiger partial charge in [0, 0.05) is 13.2 Å². The molecule has 0 fully saturated rings. The van der Waals surface area contributed by atoms with Gasteiger partial charge in [-0.25, -0.2) is 0 Å². The molecule has 0 aliphatic carbocycles. The highest BCUT2D eigenvalue weighted by Gasteiger charge is 2.28. The Morgan fingerprint density at radius 3 is 2.21 bits per heavy atom. The highest BCUT2D eigenvalue weighted by molar-refractivity contribution is 5.29. The van der Waals surface area contributed by atoms with Crippen LogP contribution in [0.4, 0.5) is 0 Å². The van der Waals surface area contributed by atoms with Crippen LogP contribution in [-0.2, 0) is 11.2 Å². The first-order valence-electron chi connectivity index (χ1n) is 7.24. The first kappa shape index (κ1) is 16.2. The zero-order valence-electron chi connectivity index (χ0n) is 13.3. The molecule has 108 valence electrons. The Labute approximate surface area is 118 Å². The molecule has 1 aromatic carbocycles. The fourth-order valence-electron chi connectivity index (χ4n) is 2.45. The molecule has 0 spiro atoms. The van der Waals surface area contributed by atoms with Gasteiger partial charge in [-0.1, -0.05) is 36.2 Å². The van der Waals surface area contributed by atoms with E-state index in [1.807, 2.05) is 0 Å². The van der Waals surface area contributed by atoms with Crippen molar-refractivity contribution in [1.29, 1.82) is 0 Å². The number of rotatable bonds is 7. The van der Waals surface area contributed by atoms with Gasteiger partial charge in [-0.05, 0) is 52.6 Å². The summed E-state index contributed by atoms with van der Waals surface area (Å²) in [5, 5.41) is 3.62. The third kappa shape index (κ3) is 4.96. The van der Waals surface area contributed by atoms with Crippen LogP contribution in [-0.4, -0.2) is 25.3 Å². The van der Waals surface area contributed by atoms with Crippen molar-refractivity contribution in [3.63, 3.8) is 0 Å². The fourth-order valence-corrected chi connectivity index (χ4v) is 2.45. The molecule has 1 rings (SSSR count). The van der Waals surface area contributed by atoms with E-state index < -0.39 is 0 Å². The van der Waals surface area contributed by atoms with Gasteiger partial charge < -0.3 is 10.1 Å². The molecule has 0 aromatic heterocycles. The van der Waals surface area contributed by atoms with Crippen molar-refractivity contribution >= 4 is 0 Å². The topological polar surface area (TPSA) is 21.3 Å². The van der Waals surface area contributed by atoms with Crippen LogP contribution in [0.5, 0.6) is 0 Å². The number of hydrogen-bond acceptors (Lipinski definition) is 2. The molecule has 1 unspecified atom stereocenters. The van der Waals surface area contributed by atoms with Crippen LogP contribution in [0.1, 0.15) is 43.9 Å². The van der Waals surface area contributed by atoms with Gasteiger partial charge in [-0.3, -0.25) is 0 Å². The van der Waals surface area contributed by atoms with Crippen molar-refractivity contribution in [3.05, 3.63) is 34.9 Å². The van der Waals surface area contributed by atoms with E-state index in [1.54, 1.807) is 7.11 Å². The molecule has 1 N–H and O–H groups in total. The summed E-state index contributed by atoms with van der Waals surface area (Å²) in [5.74, 6) is 0. The predicted molar refractivity (Wildman–Crippen MR) is 82.8 cm³/mol. The van der Waals surface area contributed by atoms with Crippen LogP contribution in [0.15, 0.2) is 18.2 Å².